The largest absolute Gasteiger partial charge is 0.412 e. The molecular weight excluding hydrogens is 375 g/mol. The molecule has 6 nitrogen and oxygen atoms in total. The van der Waals surface area contributed by atoms with Crippen LogP contribution in [-0.2, 0) is 4.79 Å². The molecule has 144 valence electrons. The minimum atomic E-state index is -0.0633. The van der Waals surface area contributed by atoms with Crippen molar-refractivity contribution in [3.05, 3.63) is 48.0 Å². The van der Waals surface area contributed by atoms with Crippen LogP contribution in [0.4, 0.5) is 0 Å². The van der Waals surface area contributed by atoms with E-state index in [-0.39, 0.29) is 36.2 Å². The summed E-state index contributed by atoms with van der Waals surface area (Å²) in [6.07, 6.45) is 1.69. The number of halogens is 2. The molecule has 26 heavy (non-hydrogen) atoms. The number of carbonyl (C=O) groups excluding carboxylic acids is 1. The number of benzene rings is 2. The van der Waals surface area contributed by atoms with Crippen molar-refractivity contribution in [2.75, 3.05) is 39.8 Å². The molecule has 1 amide bonds. The van der Waals surface area contributed by atoms with Gasteiger partial charge < -0.3 is 10.4 Å². The van der Waals surface area contributed by atoms with E-state index in [9.17, 15) is 4.79 Å². The molecule has 0 saturated carbocycles. The summed E-state index contributed by atoms with van der Waals surface area (Å²) in [6.45, 7) is 4.28. The number of hydrazone groups is 1. The van der Waals surface area contributed by atoms with E-state index in [1.165, 1.54) is 10.8 Å². The van der Waals surface area contributed by atoms with E-state index < -0.39 is 0 Å². The quantitative estimate of drug-likeness (QED) is 0.624. The second-order valence-corrected chi connectivity index (χ2v) is 5.98. The lowest BCUT2D eigenvalue weighted by Gasteiger charge is -2.31. The van der Waals surface area contributed by atoms with Crippen LogP contribution in [0.3, 0.4) is 0 Å². The van der Waals surface area contributed by atoms with Gasteiger partial charge in [-0.1, -0.05) is 36.4 Å². The van der Waals surface area contributed by atoms with E-state index in [1.54, 1.807) is 6.21 Å². The lowest BCUT2D eigenvalue weighted by atomic mass is 10.1. The lowest BCUT2D eigenvalue weighted by Crippen LogP contribution is -2.47. The van der Waals surface area contributed by atoms with E-state index >= 15 is 0 Å². The zero-order valence-electron chi connectivity index (χ0n) is 14.7. The van der Waals surface area contributed by atoms with Gasteiger partial charge in [0.15, 0.2) is 0 Å². The van der Waals surface area contributed by atoms with Crippen molar-refractivity contribution in [3.8, 4) is 0 Å². The summed E-state index contributed by atoms with van der Waals surface area (Å²) in [5.41, 5.74) is 3.59. The first-order valence-corrected chi connectivity index (χ1v) is 7.92. The number of likely N-dealkylation sites (N-methyl/N-ethyl adjacent to an activating group) is 1. The molecule has 2 aromatic carbocycles. The van der Waals surface area contributed by atoms with Gasteiger partial charge in [0.1, 0.15) is 0 Å². The van der Waals surface area contributed by atoms with Crippen molar-refractivity contribution < 1.29 is 10.3 Å². The highest BCUT2D eigenvalue weighted by atomic mass is 35.5. The SMILES string of the molecule is CN1CCN(CC(=O)N/N=C/c2ccc3ccccc3c2)CC1.Cl.Cl.O. The monoisotopic (exact) mass is 400 g/mol. The second-order valence-electron chi connectivity index (χ2n) is 5.98. The molecule has 0 aliphatic carbocycles. The van der Waals surface area contributed by atoms with Gasteiger partial charge in [-0.15, -0.1) is 24.8 Å². The number of hydrogen-bond donors (Lipinski definition) is 1. The molecule has 0 unspecified atom stereocenters. The first-order valence-electron chi connectivity index (χ1n) is 7.92. The molecule has 1 saturated heterocycles. The second kappa shape index (κ2) is 11.8. The summed E-state index contributed by atoms with van der Waals surface area (Å²) < 4.78 is 0. The fourth-order valence-corrected chi connectivity index (χ4v) is 2.71. The topological polar surface area (TPSA) is 79.4 Å². The van der Waals surface area contributed by atoms with Crippen LogP contribution >= 0.6 is 24.8 Å². The van der Waals surface area contributed by atoms with Crippen molar-refractivity contribution in [2.24, 2.45) is 5.10 Å². The van der Waals surface area contributed by atoms with E-state index in [4.69, 9.17) is 0 Å². The molecule has 1 fully saturated rings. The fraction of sp³-hybridized carbons (Fsp3) is 0.333. The van der Waals surface area contributed by atoms with Gasteiger partial charge in [0, 0.05) is 26.2 Å². The Morgan fingerprint density at radius 1 is 1.08 bits per heavy atom. The highest BCUT2D eigenvalue weighted by Gasteiger charge is 2.15. The maximum Gasteiger partial charge on any atom is 0.254 e. The molecule has 8 heteroatoms. The summed E-state index contributed by atoms with van der Waals surface area (Å²) in [7, 11) is 2.10. The number of fused-ring (bicyclic) bond motifs is 1. The highest BCUT2D eigenvalue weighted by Crippen LogP contribution is 2.14. The molecule has 0 radical (unpaired) electrons. The molecule has 0 bridgehead atoms. The summed E-state index contributed by atoms with van der Waals surface area (Å²) in [5, 5.41) is 6.43. The third-order valence-electron chi connectivity index (χ3n) is 4.14. The van der Waals surface area contributed by atoms with Gasteiger partial charge in [-0.25, -0.2) is 5.43 Å². The van der Waals surface area contributed by atoms with Crippen LogP contribution in [-0.4, -0.2) is 67.2 Å². The Hall–Kier alpha value is -1.70. The van der Waals surface area contributed by atoms with Crippen molar-refractivity contribution in [1.82, 2.24) is 15.2 Å². The molecule has 2 aromatic rings. The van der Waals surface area contributed by atoms with Gasteiger partial charge in [0.25, 0.3) is 5.91 Å². The van der Waals surface area contributed by atoms with Crippen LogP contribution in [0.1, 0.15) is 5.56 Å². The summed E-state index contributed by atoms with van der Waals surface area (Å²) in [6, 6.07) is 14.3. The first-order chi connectivity index (χ1) is 11.2. The molecule has 0 aromatic heterocycles. The predicted octanol–water partition coefficient (Wildman–Crippen LogP) is 1.56. The van der Waals surface area contributed by atoms with Gasteiger partial charge in [0.2, 0.25) is 0 Å². The Labute approximate surface area is 166 Å². The van der Waals surface area contributed by atoms with Gasteiger partial charge in [-0.3, -0.25) is 9.69 Å². The van der Waals surface area contributed by atoms with E-state index in [0.717, 1.165) is 31.7 Å². The minimum absolute atomic E-state index is 0. The van der Waals surface area contributed by atoms with Gasteiger partial charge in [-0.05, 0) is 29.4 Å². The van der Waals surface area contributed by atoms with Crippen molar-refractivity contribution in [3.63, 3.8) is 0 Å². The van der Waals surface area contributed by atoms with Crippen molar-refractivity contribution in [1.29, 1.82) is 0 Å². The molecule has 1 aliphatic heterocycles. The molecule has 3 N–H and O–H groups in total. The normalized spacial score (nSPS) is 15.0. The van der Waals surface area contributed by atoms with Crippen LogP contribution in [0, 0.1) is 0 Å². The maximum atomic E-state index is 11.9. The predicted molar refractivity (Wildman–Crippen MR) is 112 cm³/mol. The zero-order valence-corrected chi connectivity index (χ0v) is 16.4. The summed E-state index contributed by atoms with van der Waals surface area (Å²) in [5.74, 6) is -0.0633. The Bertz CT molecular complexity index is 719. The standard InChI is InChI=1S/C18H22N4O.2ClH.H2O/c1-21-8-10-22(11-9-21)14-18(23)20-19-13-15-6-7-16-4-2-3-5-17(16)12-15;;;/h2-7,12-13H,8-11,14H2,1H3,(H,20,23);2*1H;1H2/b19-13+;;;. The lowest BCUT2D eigenvalue weighted by molar-refractivity contribution is -0.122. The van der Waals surface area contributed by atoms with Crippen LogP contribution in [0.25, 0.3) is 10.8 Å². The Kier molecular flexibility index (Phi) is 11.1. The van der Waals surface area contributed by atoms with Crippen LogP contribution in [0.2, 0.25) is 0 Å². The van der Waals surface area contributed by atoms with Crippen molar-refractivity contribution >= 4 is 47.7 Å². The number of rotatable bonds is 4. The third kappa shape index (κ3) is 6.90. The molecule has 1 aliphatic rings. The summed E-state index contributed by atoms with van der Waals surface area (Å²) >= 11 is 0. The van der Waals surface area contributed by atoms with E-state index in [1.807, 2.05) is 18.2 Å². The number of carbonyl (C=O) groups is 1. The minimum Gasteiger partial charge on any atom is -0.412 e. The Balaban J connectivity index is 0.00000208. The van der Waals surface area contributed by atoms with Crippen LogP contribution in [0.5, 0.6) is 0 Å². The molecule has 0 atom stereocenters. The number of piperazine rings is 1. The van der Waals surface area contributed by atoms with Gasteiger partial charge >= 0.3 is 0 Å². The number of nitrogens with zero attached hydrogens (tertiary/aromatic N) is 3. The molecule has 3 rings (SSSR count). The van der Waals surface area contributed by atoms with Gasteiger partial charge in [-0.2, -0.15) is 5.10 Å². The first kappa shape index (κ1) is 24.3. The fourth-order valence-electron chi connectivity index (χ4n) is 2.71. The highest BCUT2D eigenvalue weighted by molar-refractivity contribution is 5.91. The maximum absolute atomic E-state index is 11.9. The number of amides is 1. The zero-order chi connectivity index (χ0) is 16.1. The van der Waals surface area contributed by atoms with E-state index in [2.05, 4.69) is 51.6 Å². The van der Waals surface area contributed by atoms with Gasteiger partial charge in [0.05, 0.1) is 12.8 Å². The average Bonchev–Trinajstić information content (AvgIpc) is 2.57. The van der Waals surface area contributed by atoms with Crippen molar-refractivity contribution in [2.45, 2.75) is 0 Å². The summed E-state index contributed by atoms with van der Waals surface area (Å²) in [4.78, 5) is 16.3. The Morgan fingerprint density at radius 3 is 2.42 bits per heavy atom. The Morgan fingerprint density at radius 2 is 1.73 bits per heavy atom. The van der Waals surface area contributed by atoms with Crippen LogP contribution < -0.4 is 5.43 Å². The number of hydrogen-bond acceptors (Lipinski definition) is 4. The smallest absolute Gasteiger partial charge is 0.254 e. The number of nitrogens with one attached hydrogen (secondary N) is 1. The molecule has 0 spiro atoms. The molecule has 1 heterocycles. The van der Waals surface area contributed by atoms with E-state index in [0.29, 0.717) is 6.54 Å². The molecular formula is C18H26Cl2N4O2. The third-order valence-corrected chi connectivity index (χ3v) is 4.14. The average molecular weight is 401 g/mol. The van der Waals surface area contributed by atoms with Crippen LogP contribution in [0.15, 0.2) is 47.6 Å².